The maximum absolute atomic E-state index is 10.1. The molecule has 2 nitrogen and oxygen atoms in total. The van der Waals surface area contributed by atoms with Crippen LogP contribution in [0.5, 0.6) is 0 Å². The van der Waals surface area contributed by atoms with Gasteiger partial charge in [0.2, 0.25) is 0 Å². The first-order valence-corrected chi connectivity index (χ1v) is 7.65. The number of aliphatic hydroxyl groups excluding tert-OH is 1. The molecule has 0 radical (unpaired) electrons. The molecule has 1 aromatic carbocycles. The summed E-state index contributed by atoms with van der Waals surface area (Å²) in [6, 6.07) is 8.71. The zero-order valence-electron chi connectivity index (χ0n) is 12.0. The first kappa shape index (κ1) is 14.5. The average molecular weight is 262 g/mol. The van der Waals surface area contributed by atoms with Crippen LogP contribution in [-0.4, -0.2) is 24.4 Å². The second-order valence-corrected chi connectivity index (χ2v) is 5.58. The lowest BCUT2D eigenvalue weighted by molar-refractivity contribution is 0.0739. The molecule has 1 aliphatic rings. The first-order chi connectivity index (χ1) is 9.31. The molecule has 2 rings (SSSR count). The zero-order valence-corrected chi connectivity index (χ0v) is 12.0. The number of aryl methyl sites for hydroxylation is 1. The molecule has 0 fully saturated rings. The summed E-state index contributed by atoms with van der Waals surface area (Å²) in [7, 11) is 0. The van der Waals surface area contributed by atoms with Crippen LogP contribution < -0.4 is 0 Å². The number of hydrogen-bond donors (Lipinski definition) is 1. The van der Waals surface area contributed by atoms with Crippen molar-refractivity contribution in [3.8, 4) is 0 Å². The van der Waals surface area contributed by atoms with Crippen molar-refractivity contribution >= 4 is 0 Å². The lowest BCUT2D eigenvalue weighted by Gasteiger charge is -2.27. The van der Waals surface area contributed by atoms with E-state index >= 15 is 0 Å². The van der Waals surface area contributed by atoms with Gasteiger partial charge in [0.05, 0.1) is 6.10 Å². The number of ether oxygens (including phenoxy) is 1. The molecule has 0 bridgehead atoms. The Morgan fingerprint density at radius 1 is 1.32 bits per heavy atom. The minimum Gasteiger partial charge on any atom is -0.393 e. The van der Waals surface area contributed by atoms with Crippen molar-refractivity contribution in [3.05, 3.63) is 35.4 Å². The number of benzene rings is 1. The van der Waals surface area contributed by atoms with Crippen LogP contribution in [0.4, 0.5) is 0 Å². The van der Waals surface area contributed by atoms with Gasteiger partial charge in [-0.05, 0) is 55.6 Å². The molecule has 2 unspecified atom stereocenters. The van der Waals surface area contributed by atoms with Gasteiger partial charge in [-0.3, -0.25) is 0 Å². The van der Waals surface area contributed by atoms with Crippen LogP contribution in [0.1, 0.15) is 56.1 Å². The second-order valence-electron chi connectivity index (χ2n) is 5.58. The highest BCUT2D eigenvalue weighted by atomic mass is 16.5. The van der Waals surface area contributed by atoms with Crippen molar-refractivity contribution in [1.82, 2.24) is 0 Å². The van der Waals surface area contributed by atoms with Crippen LogP contribution in [-0.2, 0) is 11.2 Å². The molecule has 1 aliphatic carbocycles. The van der Waals surface area contributed by atoms with Crippen LogP contribution >= 0.6 is 0 Å². The van der Waals surface area contributed by atoms with Gasteiger partial charge in [0.25, 0.3) is 0 Å². The highest BCUT2D eigenvalue weighted by Gasteiger charge is 2.22. The van der Waals surface area contributed by atoms with Crippen molar-refractivity contribution in [1.29, 1.82) is 0 Å². The molecule has 0 saturated heterocycles. The summed E-state index contributed by atoms with van der Waals surface area (Å²) in [4.78, 5) is 0. The Balaban J connectivity index is 1.83. The third-order valence-corrected chi connectivity index (χ3v) is 3.99. The molecule has 0 amide bonds. The monoisotopic (exact) mass is 262 g/mol. The van der Waals surface area contributed by atoms with Gasteiger partial charge in [-0.25, -0.2) is 0 Å². The molecule has 0 heterocycles. The maximum Gasteiger partial charge on any atom is 0.0568 e. The van der Waals surface area contributed by atoms with E-state index in [-0.39, 0.29) is 6.10 Å². The standard InChI is InChI=1S/C17H26O2/c1-2-11-19-12-10-16(18)13-15-8-5-7-14-6-3-4-9-17(14)15/h3-4,6,9,15-16,18H,2,5,7-8,10-13H2,1H3. The van der Waals surface area contributed by atoms with Crippen molar-refractivity contribution in [3.63, 3.8) is 0 Å². The van der Waals surface area contributed by atoms with Gasteiger partial charge in [-0.15, -0.1) is 0 Å². The van der Waals surface area contributed by atoms with Crippen molar-refractivity contribution < 1.29 is 9.84 Å². The van der Waals surface area contributed by atoms with Crippen molar-refractivity contribution in [2.75, 3.05) is 13.2 Å². The quantitative estimate of drug-likeness (QED) is 0.760. The van der Waals surface area contributed by atoms with Crippen molar-refractivity contribution in [2.45, 2.75) is 57.5 Å². The molecule has 2 atom stereocenters. The number of fused-ring (bicyclic) bond motifs is 1. The van der Waals surface area contributed by atoms with E-state index in [1.165, 1.54) is 30.4 Å². The van der Waals surface area contributed by atoms with Gasteiger partial charge in [0, 0.05) is 13.2 Å². The van der Waals surface area contributed by atoms with Crippen LogP contribution in [0.2, 0.25) is 0 Å². The molecule has 0 aliphatic heterocycles. The van der Waals surface area contributed by atoms with Gasteiger partial charge in [0.1, 0.15) is 0 Å². The Hall–Kier alpha value is -0.860. The van der Waals surface area contributed by atoms with E-state index in [9.17, 15) is 5.11 Å². The average Bonchev–Trinajstić information content (AvgIpc) is 2.44. The van der Waals surface area contributed by atoms with E-state index < -0.39 is 0 Å². The van der Waals surface area contributed by atoms with Gasteiger partial charge >= 0.3 is 0 Å². The predicted molar refractivity (Wildman–Crippen MR) is 78.5 cm³/mol. The summed E-state index contributed by atoms with van der Waals surface area (Å²) in [6.07, 6.45) is 6.12. The van der Waals surface area contributed by atoms with Gasteiger partial charge in [-0.1, -0.05) is 31.2 Å². The van der Waals surface area contributed by atoms with E-state index in [0.717, 1.165) is 25.9 Å². The third-order valence-electron chi connectivity index (χ3n) is 3.99. The highest BCUT2D eigenvalue weighted by Crippen LogP contribution is 2.34. The molecule has 0 saturated carbocycles. The SMILES string of the molecule is CCCOCCC(O)CC1CCCc2ccccc21. The maximum atomic E-state index is 10.1. The van der Waals surface area contributed by atoms with Crippen LogP contribution in [0, 0.1) is 0 Å². The summed E-state index contributed by atoms with van der Waals surface area (Å²) >= 11 is 0. The van der Waals surface area contributed by atoms with Gasteiger partial charge < -0.3 is 9.84 Å². The Bertz CT molecular complexity index is 375. The lowest BCUT2D eigenvalue weighted by atomic mass is 9.80. The summed E-state index contributed by atoms with van der Waals surface area (Å²) in [6.45, 7) is 3.59. The van der Waals surface area contributed by atoms with Crippen LogP contribution in [0.15, 0.2) is 24.3 Å². The molecule has 19 heavy (non-hydrogen) atoms. The Labute approximate surface area is 116 Å². The molecule has 0 spiro atoms. The minimum atomic E-state index is -0.229. The summed E-state index contributed by atoms with van der Waals surface area (Å²) < 4.78 is 5.45. The van der Waals surface area contributed by atoms with E-state index in [0.29, 0.717) is 12.5 Å². The topological polar surface area (TPSA) is 29.5 Å². The molecular formula is C17H26O2. The molecular weight excluding hydrogens is 236 g/mol. The minimum absolute atomic E-state index is 0.229. The predicted octanol–water partition coefficient (Wildman–Crippen LogP) is 3.67. The molecule has 1 aromatic rings. The van der Waals surface area contributed by atoms with E-state index in [1.807, 2.05) is 0 Å². The fourth-order valence-electron chi connectivity index (χ4n) is 3.01. The fourth-order valence-corrected chi connectivity index (χ4v) is 3.01. The van der Waals surface area contributed by atoms with Crippen LogP contribution in [0.25, 0.3) is 0 Å². The lowest BCUT2D eigenvalue weighted by Crippen LogP contribution is -2.18. The smallest absolute Gasteiger partial charge is 0.0568 e. The van der Waals surface area contributed by atoms with Crippen LogP contribution in [0.3, 0.4) is 0 Å². The summed E-state index contributed by atoms with van der Waals surface area (Å²) in [5.74, 6) is 0.533. The van der Waals surface area contributed by atoms with Gasteiger partial charge in [0.15, 0.2) is 0 Å². The Morgan fingerprint density at radius 2 is 2.16 bits per heavy atom. The third kappa shape index (κ3) is 4.32. The zero-order chi connectivity index (χ0) is 13.5. The largest absolute Gasteiger partial charge is 0.393 e. The van der Waals surface area contributed by atoms with Gasteiger partial charge in [-0.2, -0.15) is 0 Å². The van der Waals surface area contributed by atoms with E-state index in [2.05, 4.69) is 31.2 Å². The fraction of sp³-hybridized carbons (Fsp3) is 0.647. The summed E-state index contributed by atoms with van der Waals surface area (Å²) in [5, 5.41) is 10.1. The number of hydrogen-bond acceptors (Lipinski definition) is 2. The Morgan fingerprint density at radius 3 is 3.00 bits per heavy atom. The highest BCUT2D eigenvalue weighted by molar-refractivity contribution is 5.32. The van der Waals surface area contributed by atoms with E-state index in [1.54, 1.807) is 0 Å². The normalized spacial score (nSPS) is 20.0. The van der Waals surface area contributed by atoms with Crippen molar-refractivity contribution in [2.24, 2.45) is 0 Å². The molecule has 106 valence electrons. The molecule has 2 heteroatoms. The number of aliphatic hydroxyl groups is 1. The Kier molecular flexibility index (Phi) is 5.87. The first-order valence-electron chi connectivity index (χ1n) is 7.65. The molecule has 1 N–H and O–H groups in total. The van der Waals surface area contributed by atoms with E-state index in [4.69, 9.17) is 4.74 Å². The second kappa shape index (κ2) is 7.66. The number of rotatable bonds is 7. The molecule has 0 aromatic heterocycles. The summed E-state index contributed by atoms with van der Waals surface area (Å²) in [5.41, 5.74) is 2.94.